The van der Waals surface area contributed by atoms with Crippen LogP contribution in [0.1, 0.15) is 22.9 Å². The summed E-state index contributed by atoms with van der Waals surface area (Å²) in [6, 6.07) is 19.0. The van der Waals surface area contributed by atoms with Gasteiger partial charge in [0.15, 0.2) is 0 Å². The molecule has 1 atom stereocenters. The van der Waals surface area contributed by atoms with E-state index in [-0.39, 0.29) is 11.8 Å². The van der Waals surface area contributed by atoms with E-state index in [1.165, 1.54) is 0 Å². The Balaban J connectivity index is 1.86. The van der Waals surface area contributed by atoms with Crippen LogP contribution in [0.25, 0.3) is 10.9 Å². The number of nitrogens with one attached hydrogen (secondary N) is 1. The Kier molecular flexibility index (Phi) is 4.81. The van der Waals surface area contributed by atoms with Gasteiger partial charge in [0, 0.05) is 23.3 Å². The highest BCUT2D eigenvalue weighted by Crippen LogP contribution is 2.37. The lowest BCUT2D eigenvalue weighted by Gasteiger charge is -2.23. The molecule has 5 nitrogen and oxygen atoms in total. The zero-order chi connectivity index (χ0) is 19.5. The zero-order valence-corrected chi connectivity index (χ0v) is 15.8. The van der Waals surface area contributed by atoms with Crippen LogP contribution in [0.15, 0.2) is 73.1 Å². The smallest absolute Gasteiger partial charge is 0.147 e. The Bertz CT molecular complexity index is 1110. The highest BCUT2D eigenvalue weighted by atomic mass is 16.5. The van der Waals surface area contributed by atoms with Crippen LogP contribution in [-0.4, -0.2) is 22.2 Å². The van der Waals surface area contributed by atoms with E-state index in [1.807, 2.05) is 67.6 Å². The summed E-state index contributed by atoms with van der Waals surface area (Å²) in [5, 5.41) is 15.4. The fourth-order valence-corrected chi connectivity index (χ4v) is 3.33. The number of anilines is 1. The van der Waals surface area contributed by atoms with Crippen LogP contribution < -0.4 is 10.1 Å². The summed E-state index contributed by atoms with van der Waals surface area (Å²) in [4.78, 5) is 8.87. The van der Waals surface area contributed by atoms with E-state index in [0.717, 1.165) is 28.1 Å². The fraction of sp³-hybridized carbons (Fsp3) is 0.130. The average molecular weight is 371 g/mol. The van der Waals surface area contributed by atoms with Crippen LogP contribution in [0.3, 0.4) is 0 Å². The lowest BCUT2D eigenvalue weighted by atomic mass is 9.99. The molecule has 0 saturated heterocycles. The van der Waals surface area contributed by atoms with Gasteiger partial charge in [-0.3, -0.25) is 9.97 Å². The highest BCUT2D eigenvalue weighted by Gasteiger charge is 2.22. The standard InChI is InChI=1S/C23H21N3O2/c1-15-8-11-20(28-2)19(14-15)26-22(18-7-3-4-12-24-18)17-10-9-16-6-5-13-25-21(16)23(17)27/h3-14,22,26-27H,1-2H3/t22-/m1/s1. The second-order valence-electron chi connectivity index (χ2n) is 6.61. The molecule has 2 aromatic heterocycles. The maximum atomic E-state index is 11.0. The normalized spacial score (nSPS) is 11.9. The van der Waals surface area contributed by atoms with Crippen molar-refractivity contribution in [1.82, 2.24) is 9.97 Å². The minimum atomic E-state index is -0.372. The summed E-state index contributed by atoms with van der Waals surface area (Å²) in [5.41, 5.74) is 4.00. The number of phenolic OH excluding ortho intramolecular Hbond substituents is 1. The number of methoxy groups -OCH3 is 1. The summed E-state index contributed by atoms with van der Waals surface area (Å²) >= 11 is 0. The predicted octanol–water partition coefficient (Wildman–Crippen LogP) is 4.85. The molecule has 0 bridgehead atoms. The Morgan fingerprint density at radius 3 is 2.61 bits per heavy atom. The van der Waals surface area contributed by atoms with Gasteiger partial charge in [-0.1, -0.05) is 30.3 Å². The van der Waals surface area contributed by atoms with Crippen LogP contribution in [-0.2, 0) is 0 Å². The van der Waals surface area contributed by atoms with Crippen LogP contribution in [0.5, 0.6) is 11.5 Å². The molecule has 140 valence electrons. The third-order valence-electron chi connectivity index (χ3n) is 4.73. The van der Waals surface area contributed by atoms with Gasteiger partial charge in [-0.05, 0) is 42.8 Å². The van der Waals surface area contributed by atoms with Crippen LogP contribution in [0, 0.1) is 6.92 Å². The van der Waals surface area contributed by atoms with Gasteiger partial charge in [0.25, 0.3) is 0 Å². The Morgan fingerprint density at radius 2 is 1.82 bits per heavy atom. The summed E-state index contributed by atoms with van der Waals surface area (Å²) in [6.45, 7) is 2.03. The van der Waals surface area contributed by atoms with Gasteiger partial charge in [0.1, 0.15) is 17.0 Å². The number of hydrogen-bond acceptors (Lipinski definition) is 5. The quantitative estimate of drug-likeness (QED) is 0.525. The van der Waals surface area contributed by atoms with Gasteiger partial charge in [0.2, 0.25) is 0 Å². The van der Waals surface area contributed by atoms with Crippen molar-refractivity contribution < 1.29 is 9.84 Å². The molecule has 2 N–H and O–H groups in total. The lowest BCUT2D eigenvalue weighted by molar-refractivity contribution is 0.416. The molecule has 0 saturated carbocycles. The second-order valence-corrected chi connectivity index (χ2v) is 6.61. The van der Waals surface area contributed by atoms with Crippen molar-refractivity contribution >= 4 is 16.6 Å². The number of aromatic hydroxyl groups is 1. The van der Waals surface area contributed by atoms with E-state index in [4.69, 9.17) is 4.74 Å². The number of pyridine rings is 2. The molecule has 0 fully saturated rings. The molecule has 4 aromatic rings. The topological polar surface area (TPSA) is 67.3 Å². The van der Waals surface area contributed by atoms with E-state index in [9.17, 15) is 5.11 Å². The van der Waals surface area contributed by atoms with Crippen molar-refractivity contribution in [3.8, 4) is 11.5 Å². The molecule has 28 heavy (non-hydrogen) atoms. The number of rotatable bonds is 5. The molecule has 2 heterocycles. The third kappa shape index (κ3) is 3.34. The third-order valence-corrected chi connectivity index (χ3v) is 4.73. The van der Waals surface area contributed by atoms with E-state index >= 15 is 0 Å². The first kappa shape index (κ1) is 17.8. The number of fused-ring (bicyclic) bond motifs is 1. The molecule has 4 rings (SSSR count). The van der Waals surface area contributed by atoms with Crippen molar-refractivity contribution in [2.45, 2.75) is 13.0 Å². The summed E-state index contributed by atoms with van der Waals surface area (Å²) in [7, 11) is 1.64. The number of nitrogens with zero attached hydrogens (tertiary/aromatic N) is 2. The lowest BCUT2D eigenvalue weighted by Crippen LogP contribution is -2.15. The number of ether oxygens (including phenoxy) is 1. The van der Waals surface area contributed by atoms with Gasteiger partial charge in [0.05, 0.1) is 24.5 Å². The summed E-state index contributed by atoms with van der Waals surface area (Å²) < 4.78 is 5.52. The number of aryl methyl sites for hydroxylation is 1. The SMILES string of the molecule is COc1ccc(C)cc1N[C@@H](c1ccccn1)c1ccc2cccnc2c1O. The molecule has 0 amide bonds. The fourth-order valence-electron chi connectivity index (χ4n) is 3.33. The number of benzene rings is 2. The largest absolute Gasteiger partial charge is 0.505 e. The maximum absolute atomic E-state index is 11.0. The Hall–Kier alpha value is -3.60. The van der Waals surface area contributed by atoms with Gasteiger partial charge >= 0.3 is 0 Å². The van der Waals surface area contributed by atoms with Crippen molar-refractivity contribution in [3.05, 3.63) is 89.9 Å². The molecule has 0 spiro atoms. The highest BCUT2D eigenvalue weighted by molar-refractivity contribution is 5.86. The van der Waals surface area contributed by atoms with Gasteiger partial charge in [-0.25, -0.2) is 0 Å². The Morgan fingerprint density at radius 1 is 0.964 bits per heavy atom. The predicted molar refractivity (Wildman–Crippen MR) is 111 cm³/mol. The minimum Gasteiger partial charge on any atom is -0.505 e. The molecule has 2 aromatic carbocycles. The van der Waals surface area contributed by atoms with E-state index < -0.39 is 0 Å². The van der Waals surface area contributed by atoms with Gasteiger partial charge in [-0.2, -0.15) is 0 Å². The summed E-state index contributed by atoms with van der Waals surface area (Å²) in [6.07, 6.45) is 3.42. The molecule has 0 aliphatic carbocycles. The van der Waals surface area contributed by atoms with Gasteiger partial charge < -0.3 is 15.2 Å². The molecule has 0 unspecified atom stereocenters. The van der Waals surface area contributed by atoms with Crippen molar-refractivity contribution in [2.75, 3.05) is 12.4 Å². The average Bonchev–Trinajstić information content (AvgIpc) is 2.74. The number of aromatic nitrogens is 2. The molecule has 5 heteroatoms. The van der Waals surface area contributed by atoms with E-state index in [2.05, 4.69) is 15.3 Å². The number of hydrogen-bond donors (Lipinski definition) is 2. The van der Waals surface area contributed by atoms with Crippen LogP contribution in [0.4, 0.5) is 5.69 Å². The first-order valence-corrected chi connectivity index (χ1v) is 9.06. The van der Waals surface area contributed by atoms with Crippen molar-refractivity contribution in [1.29, 1.82) is 0 Å². The summed E-state index contributed by atoms with van der Waals surface area (Å²) in [5.74, 6) is 0.873. The number of phenols is 1. The second kappa shape index (κ2) is 7.56. The van der Waals surface area contributed by atoms with Gasteiger partial charge in [-0.15, -0.1) is 0 Å². The molecule has 0 radical (unpaired) electrons. The first-order chi connectivity index (χ1) is 13.7. The van der Waals surface area contributed by atoms with E-state index in [1.54, 1.807) is 19.5 Å². The van der Waals surface area contributed by atoms with Crippen molar-refractivity contribution in [2.24, 2.45) is 0 Å². The molecular weight excluding hydrogens is 350 g/mol. The molecular formula is C23H21N3O2. The molecule has 0 aliphatic heterocycles. The van der Waals surface area contributed by atoms with E-state index in [0.29, 0.717) is 11.1 Å². The molecule has 0 aliphatic rings. The zero-order valence-electron chi connectivity index (χ0n) is 15.8. The first-order valence-electron chi connectivity index (χ1n) is 9.06. The van der Waals surface area contributed by atoms with Crippen LogP contribution >= 0.6 is 0 Å². The Labute approximate surface area is 163 Å². The van der Waals surface area contributed by atoms with Crippen LogP contribution in [0.2, 0.25) is 0 Å². The van der Waals surface area contributed by atoms with Crippen molar-refractivity contribution in [3.63, 3.8) is 0 Å². The maximum Gasteiger partial charge on any atom is 0.147 e. The minimum absolute atomic E-state index is 0.146. The monoisotopic (exact) mass is 371 g/mol.